The van der Waals surface area contributed by atoms with Crippen LogP contribution < -0.4 is 10.1 Å². The maximum absolute atomic E-state index is 13.2. The molecule has 1 heterocycles. The van der Waals surface area contributed by atoms with E-state index in [-0.39, 0.29) is 24.6 Å². The number of para-hydroxylation sites is 1. The Bertz CT molecular complexity index is 1200. The smallest absolute Gasteiger partial charge is 0.305 e. The summed E-state index contributed by atoms with van der Waals surface area (Å²) < 4.78 is 7.25. The van der Waals surface area contributed by atoms with Crippen LogP contribution in [0.2, 0.25) is 5.02 Å². The van der Waals surface area contributed by atoms with Crippen molar-refractivity contribution in [1.82, 2.24) is 15.1 Å². The predicted octanol–water partition coefficient (Wildman–Crippen LogP) is 4.57. The molecule has 3 rings (SSSR count). The van der Waals surface area contributed by atoms with Crippen LogP contribution >= 0.6 is 11.6 Å². The third-order valence-corrected chi connectivity index (χ3v) is 5.83. The number of aliphatic hydroxyl groups is 1. The first-order valence-corrected chi connectivity index (χ1v) is 11.6. The number of hydrogen-bond donors (Lipinski definition) is 3. The summed E-state index contributed by atoms with van der Waals surface area (Å²) in [6.45, 7) is 7.53. The molecule has 0 saturated heterocycles. The average molecular weight is 500 g/mol. The standard InChI is InChI=1S/C26H30ClN3O5/c1-16-8-7-9-17(12-16)19(14-24(32)33)28-25(34)20-13-23(35-15-22(31)26(2,3)4)30(29-20)21-11-6-5-10-18(21)27/h5-13,19,22,31H,14-15H2,1-4H3,(H,28,34)(H,32,33). The van der Waals surface area contributed by atoms with Gasteiger partial charge in [-0.3, -0.25) is 9.59 Å². The molecule has 0 saturated carbocycles. The highest BCUT2D eigenvalue weighted by Gasteiger charge is 2.26. The van der Waals surface area contributed by atoms with E-state index in [1.165, 1.54) is 10.7 Å². The average Bonchev–Trinajstić information content (AvgIpc) is 3.20. The Kier molecular flexibility index (Phi) is 8.19. The van der Waals surface area contributed by atoms with Crippen LogP contribution in [-0.2, 0) is 4.79 Å². The van der Waals surface area contributed by atoms with Crippen molar-refractivity contribution in [3.05, 3.63) is 76.4 Å². The molecule has 0 radical (unpaired) electrons. The van der Waals surface area contributed by atoms with Crippen LogP contribution in [0.3, 0.4) is 0 Å². The lowest BCUT2D eigenvalue weighted by Crippen LogP contribution is -2.32. The summed E-state index contributed by atoms with van der Waals surface area (Å²) in [5.74, 6) is -1.39. The van der Waals surface area contributed by atoms with Gasteiger partial charge in [-0.1, -0.05) is 74.3 Å². The number of hydrogen-bond acceptors (Lipinski definition) is 5. The molecule has 0 spiro atoms. The lowest BCUT2D eigenvalue weighted by atomic mass is 9.90. The van der Waals surface area contributed by atoms with Crippen molar-refractivity contribution in [2.45, 2.75) is 46.3 Å². The Hall–Kier alpha value is -3.36. The molecule has 8 nitrogen and oxygen atoms in total. The summed E-state index contributed by atoms with van der Waals surface area (Å²) in [6, 6.07) is 15.0. The summed E-state index contributed by atoms with van der Waals surface area (Å²) in [7, 11) is 0. The minimum atomic E-state index is -1.04. The Balaban J connectivity index is 1.93. The van der Waals surface area contributed by atoms with Crippen molar-refractivity contribution < 1.29 is 24.5 Å². The fourth-order valence-electron chi connectivity index (χ4n) is 3.33. The van der Waals surface area contributed by atoms with E-state index in [0.717, 1.165) is 5.56 Å². The number of carbonyl (C=O) groups excluding carboxylic acids is 1. The molecule has 2 unspecified atom stereocenters. The second-order valence-corrected chi connectivity index (χ2v) is 9.87. The zero-order chi connectivity index (χ0) is 25.8. The third kappa shape index (κ3) is 6.83. The summed E-state index contributed by atoms with van der Waals surface area (Å²) in [4.78, 5) is 24.6. The highest BCUT2D eigenvalue weighted by Crippen LogP contribution is 2.27. The van der Waals surface area contributed by atoms with Gasteiger partial charge < -0.3 is 20.3 Å². The van der Waals surface area contributed by atoms with Crippen LogP contribution in [0, 0.1) is 12.3 Å². The van der Waals surface area contributed by atoms with E-state index in [4.69, 9.17) is 16.3 Å². The van der Waals surface area contributed by atoms with E-state index in [9.17, 15) is 19.8 Å². The topological polar surface area (TPSA) is 114 Å². The number of carboxylic acids is 1. The minimum Gasteiger partial charge on any atom is -0.481 e. The number of nitrogens with zero attached hydrogens (tertiary/aromatic N) is 2. The van der Waals surface area contributed by atoms with Gasteiger partial charge in [-0.25, -0.2) is 0 Å². The summed E-state index contributed by atoms with van der Waals surface area (Å²) in [5, 5.41) is 27.4. The Labute approximate surface area is 209 Å². The van der Waals surface area contributed by atoms with E-state index in [2.05, 4.69) is 10.4 Å². The van der Waals surface area contributed by atoms with Crippen molar-refractivity contribution in [1.29, 1.82) is 0 Å². The molecule has 2 atom stereocenters. The molecular formula is C26H30ClN3O5. The molecule has 2 aromatic carbocycles. The van der Waals surface area contributed by atoms with Crippen LogP contribution in [0.5, 0.6) is 5.88 Å². The van der Waals surface area contributed by atoms with Crippen LogP contribution in [0.1, 0.15) is 54.8 Å². The molecule has 3 aromatic rings. The first-order valence-electron chi connectivity index (χ1n) is 11.2. The van der Waals surface area contributed by atoms with Crippen molar-refractivity contribution in [2.75, 3.05) is 6.61 Å². The molecule has 1 amide bonds. The molecule has 9 heteroatoms. The molecule has 0 bridgehead atoms. The van der Waals surface area contributed by atoms with Gasteiger partial charge in [0, 0.05) is 6.07 Å². The first-order chi connectivity index (χ1) is 16.5. The fourth-order valence-corrected chi connectivity index (χ4v) is 3.55. The predicted molar refractivity (Wildman–Crippen MR) is 133 cm³/mol. The number of aryl methyl sites for hydroxylation is 1. The van der Waals surface area contributed by atoms with Gasteiger partial charge in [0.25, 0.3) is 5.91 Å². The SMILES string of the molecule is Cc1cccc(C(CC(=O)O)NC(=O)c2cc(OCC(O)C(C)(C)C)n(-c3ccccc3Cl)n2)c1. The molecule has 3 N–H and O–H groups in total. The number of amides is 1. The lowest BCUT2D eigenvalue weighted by Gasteiger charge is -2.25. The molecule has 0 fully saturated rings. The van der Waals surface area contributed by atoms with Crippen molar-refractivity contribution in [3.63, 3.8) is 0 Å². The van der Waals surface area contributed by atoms with Gasteiger partial charge in [0.1, 0.15) is 6.61 Å². The third-order valence-electron chi connectivity index (χ3n) is 5.51. The fraction of sp³-hybridized carbons (Fsp3) is 0.346. The first kappa shape index (κ1) is 26.2. The Morgan fingerprint density at radius 1 is 1.14 bits per heavy atom. The van der Waals surface area contributed by atoms with Gasteiger partial charge in [-0.2, -0.15) is 9.78 Å². The number of carboxylic acid groups (broad SMARTS) is 1. The normalized spacial score (nSPS) is 13.2. The highest BCUT2D eigenvalue weighted by molar-refractivity contribution is 6.32. The van der Waals surface area contributed by atoms with Crippen LogP contribution in [0.25, 0.3) is 5.69 Å². The second-order valence-electron chi connectivity index (χ2n) is 9.46. The summed E-state index contributed by atoms with van der Waals surface area (Å²) >= 11 is 6.36. The number of nitrogens with one attached hydrogen (secondary N) is 1. The number of carbonyl (C=O) groups is 2. The summed E-state index contributed by atoms with van der Waals surface area (Å²) in [5.41, 5.74) is 1.73. The van der Waals surface area contributed by atoms with E-state index < -0.39 is 29.4 Å². The van der Waals surface area contributed by atoms with E-state index in [1.54, 1.807) is 30.3 Å². The van der Waals surface area contributed by atoms with Crippen LogP contribution in [0.4, 0.5) is 0 Å². The number of benzene rings is 2. The van der Waals surface area contributed by atoms with Gasteiger partial charge >= 0.3 is 5.97 Å². The number of ether oxygens (including phenoxy) is 1. The molecule has 0 aliphatic heterocycles. The number of aliphatic hydroxyl groups excluding tert-OH is 1. The zero-order valence-electron chi connectivity index (χ0n) is 20.2. The van der Waals surface area contributed by atoms with Gasteiger partial charge in [0.05, 0.1) is 29.3 Å². The Morgan fingerprint density at radius 3 is 2.49 bits per heavy atom. The van der Waals surface area contributed by atoms with Crippen LogP contribution in [-0.4, -0.2) is 44.6 Å². The molecule has 0 aliphatic carbocycles. The number of aliphatic carboxylic acids is 1. The number of aromatic nitrogens is 2. The van der Waals surface area contributed by atoms with Crippen molar-refractivity contribution >= 4 is 23.5 Å². The van der Waals surface area contributed by atoms with E-state index in [1.807, 2.05) is 45.9 Å². The molecule has 1 aromatic heterocycles. The lowest BCUT2D eigenvalue weighted by molar-refractivity contribution is -0.137. The van der Waals surface area contributed by atoms with Gasteiger partial charge in [-0.15, -0.1) is 0 Å². The quantitative estimate of drug-likeness (QED) is 0.397. The number of rotatable bonds is 9. The molecule has 186 valence electrons. The van der Waals surface area contributed by atoms with E-state index in [0.29, 0.717) is 16.3 Å². The summed E-state index contributed by atoms with van der Waals surface area (Å²) in [6.07, 6.45) is -1.06. The van der Waals surface area contributed by atoms with E-state index >= 15 is 0 Å². The maximum Gasteiger partial charge on any atom is 0.305 e. The Morgan fingerprint density at radius 2 is 1.86 bits per heavy atom. The molecule has 35 heavy (non-hydrogen) atoms. The van der Waals surface area contributed by atoms with Gasteiger partial charge in [0.2, 0.25) is 5.88 Å². The van der Waals surface area contributed by atoms with Crippen LogP contribution in [0.15, 0.2) is 54.6 Å². The largest absolute Gasteiger partial charge is 0.481 e. The van der Waals surface area contributed by atoms with Gasteiger partial charge in [-0.05, 0) is 30.0 Å². The van der Waals surface area contributed by atoms with Gasteiger partial charge in [0.15, 0.2) is 5.69 Å². The molecular weight excluding hydrogens is 470 g/mol. The monoisotopic (exact) mass is 499 g/mol. The second kappa shape index (κ2) is 10.9. The minimum absolute atomic E-state index is 0.0215. The molecule has 0 aliphatic rings. The van der Waals surface area contributed by atoms with Crippen molar-refractivity contribution in [3.8, 4) is 11.6 Å². The highest BCUT2D eigenvalue weighted by atomic mass is 35.5. The number of halogens is 1. The van der Waals surface area contributed by atoms with Crippen molar-refractivity contribution in [2.24, 2.45) is 5.41 Å². The maximum atomic E-state index is 13.2. The zero-order valence-corrected chi connectivity index (χ0v) is 20.9.